The summed E-state index contributed by atoms with van der Waals surface area (Å²) in [6.45, 7) is 1.69. The number of rotatable bonds is 3. The highest BCUT2D eigenvalue weighted by molar-refractivity contribution is 5.83. The Kier molecular flexibility index (Phi) is 3.75. The summed E-state index contributed by atoms with van der Waals surface area (Å²) in [5.41, 5.74) is 6.17. The summed E-state index contributed by atoms with van der Waals surface area (Å²) in [4.78, 5) is 9.19. The molecule has 5 rings (SSSR count). The van der Waals surface area contributed by atoms with E-state index in [2.05, 4.69) is 118 Å². The molecule has 0 N–H and O–H groups in total. The highest BCUT2D eigenvalue weighted by Crippen LogP contribution is 2.40. The van der Waals surface area contributed by atoms with Gasteiger partial charge in [-0.05, 0) is 42.5 Å². The number of anilines is 5. The van der Waals surface area contributed by atoms with Crippen LogP contribution in [0.3, 0.4) is 0 Å². The van der Waals surface area contributed by atoms with E-state index in [1.54, 1.807) is 0 Å². The molecule has 0 unspecified atom stereocenters. The minimum atomic E-state index is 0.823. The zero-order valence-electron chi connectivity index (χ0n) is 15.4. The fourth-order valence-electron chi connectivity index (χ4n) is 3.81. The van der Waals surface area contributed by atoms with Gasteiger partial charge < -0.3 is 19.6 Å². The molecule has 0 amide bonds. The molecule has 0 saturated carbocycles. The molecule has 0 radical (unpaired) electrons. The van der Waals surface area contributed by atoms with Crippen molar-refractivity contribution in [3.05, 3.63) is 91.3 Å². The predicted molar refractivity (Wildman–Crippen MR) is 114 cm³/mol. The summed E-state index contributed by atoms with van der Waals surface area (Å²) in [6.07, 6.45) is 4.29. The number of hydrogen-bond acceptors (Lipinski definition) is 4. The van der Waals surface area contributed by atoms with E-state index < -0.39 is 0 Å². The Bertz CT molecular complexity index is 982. The third-order valence-electron chi connectivity index (χ3n) is 5.23. The first-order chi connectivity index (χ1) is 13.3. The van der Waals surface area contributed by atoms with Gasteiger partial charge in [-0.2, -0.15) is 0 Å². The molecule has 2 aliphatic heterocycles. The van der Waals surface area contributed by atoms with Crippen LogP contribution in [0.2, 0.25) is 0 Å². The number of nitrogens with zero attached hydrogens (tertiary/aromatic N) is 4. The Hall–Kier alpha value is -3.40. The molecule has 4 heteroatoms. The van der Waals surface area contributed by atoms with Crippen LogP contribution in [0.4, 0.5) is 28.4 Å². The fourth-order valence-corrected chi connectivity index (χ4v) is 3.81. The summed E-state index contributed by atoms with van der Waals surface area (Å²) in [7, 11) is 2.14. The molecule has 0 fully saturated rings. The molecule has 134 valence electrons. The van der Waals surface area contributed by atoms with Crippen LogP contribution >= 0.6 is 0 Å². The monoisotopic (exact) mass is 354 g/mol. The van der Waals surface area contributed by atoms with Crippen LogP contribution < -0.4 is 19.6 Å². The molecule has 2 heterocycles. The molecule has 0 bridgehead atoms. The SMILES string of the molecule is CN1CN(c2cccc(N3C=CN(c4ccccc4)C3)c2)c2ccccc21. The largest absolute Gasteiger partial charge is 0.355 e. The van der Waals surface area contributed by atoms with E-state index in [4.69, 9.17) is 0 Å². The first-order valence-corrected chi connectivity index (χ1v) is 9.24. The van der Waals surface area contributed by atoms with E-state index in [0.29, 0.717) is 0 Å². The van der Waals surface area contributed by atoms with E-state index in [1.807, 2.05) is 0 Å². The Morgan fingerprint density at radius 2 is 1.22 bits per heavy atom. The highest BCUT2D eigenvalue weighted by atomic mass is 15.4. The minimum absolute atomic E-state index is 0.823. The Balaban J connectivity index is 1.40. The van der Waals surface area contributed by atoms with Gasteiger partial charge in [0, 0.05) is 36.5 Å². The molecule has 0 aromatic heterocycles. The van der Waals surface area contributed by atoms with Gasteiger partial charge in [0.15, 0.2) is 0 Å². The number of para-hydroxylation sites is 3. The normalized spacial score (nSPS) is 15.6. The van der Waals surface area contributed by atoms with E-state index in [0.717, 1.165) is 13.3 Å². The summed E-state index contributed by atoms with van der Waals surface area (Å²) in [6, 6.07) is 27.8. The van der Waals surface area contributed by atoms with Crippen molar-refractivity contribution in [2.45, 2.75) is 0 Å². The van der Waals surface area contributed by atoms with Gasteiger partial charge >= 0.3 is 0 Å². The first kappa shape index (κ1) is 15.8. The molecular weight excluding hydrogens is 332 g/mol. The molecule has 0 saturated heterocycles. The van der Waals surface area contributed by atoms with Gasteiger partial charge in [0.1, 0.15) is 0 Å². The van der Waals surface area contributed by atoms with Crippen LogP contribution in [-0.2, 0) is 0 Å². The maximum Gasteiger partial charge on any atom is 0.0989 e. The van der Waals surface area contributed by atoms with Crippen LogP contribution in [0.1, 0.15) is 0 Å². The van der Waals surface area contributed by atoms with Crippen molar-refractivity contribution in [2.24, 2.45) is 0 Å². The molecule has 3 aromatic carbocycles. The first-order valence-electron chi connectivity index (χ1n) is 9.24. The second-order valence-electron chi connectivity index (χ2n) is 6.99. The van der Waals surface area contributed by atoms with Crippen LogP contribution in [0, 0.1) is 0 Å². The molecular formula is C23H22N4. The van der Waals surface area contributed by atoms with Crippen LogP contribution in [0.5, 0.6) is 0 Å². The predicted octanol–water partition coefficient (Wildman–Crippen LogP) is 4.99. The van der Waals surface area contributed by atoms with Crippen molar-refractivity contribution in [2.75, 3.05) is 40.0 Å². The average Bonchev–Trinajstić information content (AvgIpc) is 3.35. The van der Waals surface area contributed by atoms with E-state index in [9.17, 15) is 0 Å². The van der Waals surface area contributed by atoms with Crippen LogP contribution in [-0.4, -0.2) is 20.4 Å². The molecule has 0 aliphatic carbocycles. The summed E-state index contributed by atoms with van der Waals surface area (Å²) in [5, 5.41) is 0. The molecule has 27 heavy (non-hydrogen) atoms. The maximum atomic E-state index is 2.37. The number of hydrogen-bond donors (Lipinski definition) is 0. The van der Waals surface area contributed by atoms with Gasteiger partial charge in [-0.25, -0.2) is 0 Å². The Morgan fingerprint density at radius 3 is 2.04 bits per heavy atom. The van der Waals surface area contributed by atoms with Gasteiger partial charge in [-0.1, -0.05) is 36.4 Å². The molecule has 3 aromatic rings. The second kappa shape index (κ2) is 6.40. The molecule has 0 atom stereocenters. The van der Waals surface area contributed by atoms with E-state index in [1.165, 1.54) is 28.4 Å². The summed E-state index contributed by atoms with van der Waals surface area (Å²) < 4.78 is 0. The van der Waals surface area contributed by atoms with E-state index >= 15 is 0 Å². The third kappa shape index (κ3) is 2.79. The number of benzene rings is 3. The minimum Gasteiger partial charge on any atom is -0.355 e. The van der Waals surface area contributed by atoms with Crippen molar-refractivity contribution in [3.63, 3.8) is 0 Å². The molecule has 4 nitrogen and oxygen atoms in total. The van der Waals surface area contributed by atoms with Gasteiger partial charge in [0.05, 0.1) is 24.7 Å². The summed E-state index contributed by atoms with van der Waals surface area (Å²) >= 11 is 0. The lowest BCUT2D eigenvalue weighted by Crippen LogP contribution is -2.26. The number of fused-ring (bicyclic) bond motifs is 1. The Labute approximate surface area is 160 Å². The maximum absolute atomic E-state index is 2.37. The zero-order valence-corrected chi connectivity index (χ0v) is 15.4. The molecule has 2 aliphatic rings. The van der Waals surface area contributed by atoms with Crippen molar-refractivity contribution in [1.29, 1.82) is 0 Å². The van der Waals surface area contributed by atoms with Gasteiger partial charge in [0.2, 0.25) is 0 Å². The zero-order chi connectivity index (χ0) is 18.2. The van der Waals surface area contributed by atoms with Crippen LogP contribution in [0.25, 0.3) is 0 Å². The lowest BCUT2D eigenvalue weighted by atomic mass is 10.2. The molecule has 0 spiro atoms. The lowest BCUT2D eigenvalue weighted by molar-refractivity contribution is 0.945. The topological polar surface area (TPSA) is 13.0 Å². The fraction of sp³-hybridized carbons (Fsp3) is 0.130. The Morgan fingerprint density at radius 1 is 0.593 bits per heavy atom. The summed E-state index contributed by atoms with van der Waals surface area (Å²) in [5.74, 6) is 0. The van der Waals surface area contributed by atoms with Gasteiger partial charge in [-0.15, -0.1) is 0 Å². The smallest absolute Gasteiger partial charge is 0.0989 e. The van der Waals surface area contributed by atoms with Crippen molar-refractivity contribution in [1.82, 2.24) is 0 Å². The van der Waals surface area contributed by atoms with Crippen LogP contribution in [0.15, 0.2) is 91.3 Å². The average molecular weight is 354 g/mol. The van der Waals surface area contributed by atoms with Gasteiger partial charge in [-0.3, -0.25) is 0 Å². The van der Waals surface area contributed by atoms with Crippen molar-refractivity contribution < 1.29 is 0 Å². The van der Waals surface area contributed by atoms with Crippen molar-refractivity contribution in [3.8, 4) is 0 Å². The highest BCUT2D eigenvalue weighted by Gasteiger charge is 2.24. The van der Waals surface area contributed by atoms with Gasteiger partial charge in [0.25, 0.3) is 0 Å². The standard InChI is InChI=1S/C23H22N4/c1-24-17-27(23-13-6-5-12-22(23)24)21-11-7-10-20(16-21)26-15-14-25(18-26)19-8-3-2-4-9-19/h2-16H,17-18H2,1H3. The van der Waals surface area contributed by atoms with E-state index in [-0.39, 0.29) is 0 Å². The quantitative estimate of drug-likeness (QED) is 0.657. The van der Waals surface area contributed by atoms with Crippen molar-refractivity contribution >= 4 is 28.4 Å². The second-order valence-corrected chi connectivity index (χ2v) is 6.99. The lowest BCUT2D eigenvalue weighted by Gasteiger charge is -2.24. The third-order valence-corrected chi connectivity index (χ3v) is 5.23.